The Morgan fingerprint density at radius 2 is 1.90 bits per heavy atom. The highest BCUT2D eigenvalue weighted by Crippen LogP contribution is 2.52. The molecule has 5 rings (SSSR count). The number of amides is 1. The Labute approximate surface area is 180 Å². The number of fused-ring (bicyclic) bond motifs is 3. The lowest BCUT2D eigenvalue weighted by atomic mass is 9.65. The molecule has 1 aromatic carbocycles. The van der Waals surface area contributed by atoms with Crippen LogP contribution >= 0.6 is 0 Å². The smallest absolute Gasteiger partial charge is 0.280 e. The first-order chi connectivity index (χ1) is 14.7. The topological polar surface area (TPSA) is 50.5 Å². The highest BCUT2D eigenvalue weighted by atomic mass is 19.3. The van der Waals surface area contributed by atoms with Crippen LogP contribution in [0.3, 0.4) is 0 Å². The molecule has 7 heteroatoms. The third-order valence-corrected chi connectivity index (χ3v) is 6.70. The van der Waals surface area contributed by atoms with E-state index in [9.17, 15) is 13.6 Å². The van der Waals surface area contributed by atoms with Gasteiger partial charge in [-0.05, 0) is 36.2 Å². The van der Waals surface area contributed by atoms with Gasteiger partial charge in [0.15, 0.2) is 5.65 Å². The van der Waals surface area contributed by atoms with Gasteiger partial charge in [-0.1, -0.05) is 51.1 Å². The van der Waals surface area contributed by atoms with Crippen LogP contribution in [0, 0.1) is 10.8 Å². The molecule has 3 aromatic rings. The number of aromatic nitrogens is 3. The molecule has 0 radical (unpaired) electrons. The number of likely N-dealkylation sites (tertiary alicyclic amines) is 1. The molecule has 5 nitrogen and oxygen atoms in total. The van der Waals surface area contributed by atoms with Crippen LogP contribution in [0.25, 0.3) is 16.9 Å². The lowest BCUT2D eigenvalue weighted by Gasteiger charge is -2.39. The largest absolute Gasteiger partial charge is 0.335 e. The Kier molecular flexibility index (Phi) is 4.43. The molecule has 31 heavy (non-hydrogen) atoms. The molecule has 2 aliphatic rings. The molecule has 3 heterocycles. The number of halogens is 2. The van der Waals surface area contributed by atoms with Gasteiger partial charge in [-0.3, -0.25) is 4.79 Å². The number of carbonyl (C=O) groups excluding carboxylic acids is 1. The number of benzene rings is 1. The van der Waals surface area contributed by atoms with E-state index in [2.05, 4.69) is 30.9 Å². The number of hydrogen-bond donors (Lipinski definition) is 0. The van der Waals surface area contributed by atoms with E-state index in [1.165, 1.54) is 12.3 Å². The molecule has 1 saturated carbocycles. The Bertz CT molecular complexity index is 1160. The molecule has 0 N–H and O–H groups in total. The summed E-state index contributed by atoms with van der Waals surface area (Å²) in [4.78, 5) is 20.1. The van der Waals surface area contributed by atoms with Crippen molar-refractivity contribution in [3.8, 4) is 11.3 Å². The fourth-order valence-corrected chi connectivity index (χ4v) is 5.90. The minimum absolute atomic E-state index is 0.0851. The second kappa shape index (κ2) is 6.84. The Morgan fingerprint density at radius 1 is 1.16 bits per heavy atom. The average Bonchev–Trinajstić information content (AvgIpc) is 3.24. The number of alkyl halides is 2. The minimum Gasteiger partial charge on any atom is -0.335 e. The van der Waals surface area contributed by atoms with Gasteiger partial charge in [0.2, 0.25) is 0 Å². The third-order valence-electron chi connectivity index (χ3n) is 6.70. The maximum absolute atomic E-state index is 13.8. The summed E-state index contributed by atoms with van der Waals surface area (Å²) in [6, 6.07) is 10.7. The quantitative estimate of drug-likeness (QED) is 0.568. The zero-order chi connectivity index (χ0) is 22.0. The number of nitrogens with zero attached hydrogens (tertiary/aromatic N) is 4. The van der Waals surface area contributed by atoms with E-state index < -0.39 is 6.43 Å². The number of rotatable bonds is 3. The second-order valence-corrected chi connectivity index (χ2v) is 10.2. The van der Waals surface area contributed by atoms with Crippen LogP contribution < -0.4 is 0 Å². The van der Waals surface area contributed by atoms with E-state index in [-0.39, 0.29) is 39.7 Å². The highest BCUT2D eigenvalue weighted by Gasteiger charge is 2.51. The maximum atomic E-state index is 13.8. The molecule has 1 aliphatic heterocycles. The van der Waals surface area contributed by atoms with Gasteiger partial charge in [0.25, 0.3) is 12.3 Å². The maximum Gasteiger partial charge on any atom is 0.280 e. The summed E-state index contributed by atoms with van der Waals surface area (Å²) < 4.78 is 28.8. The SMILES string of the molecule is CC1(C)C[C@@H]2C[C@](C)(CN2C(=O)c2cnn3c(C(F)F)cc(-c4ccccc4)nc23)C1. The number of hydrogen-bond acceptors (Lipinski definition) is 3. The van der Waals surface area contributed by atoms with Gasteiger partial charge in [-0.25, -0.2) is 18.3 Å². The fraction of sp³-hybridized carbons (Fsp3) is 0.458. The van der Waals surface area contributed by atoms with Crippen molar-refractivity contribution in [2.75, 3.05) is 6.54 Å². The third kappa shape index (κ3) is 3.40. The Balaban J connectivity index is 1.59. The van der Waals surface area contributed by atoms with Crippen molar-refractivity contribution < 1.29 is 13.6 Å². The lowest BCUT2D eigenvalue weighted by Crippen LogP contribution is -2.37. The molecular formula is C24H26F2N4O. The van der Waals surface area contributed by atoms with Crippen LogP contribution in [-0.2, 0) is 0 Å². The zero-order valence-corrected chi connectivity index (χ0v) is 18.0. The minimum atomic E-state index is -2.73. The first kappa shape index (κ1) is 20.1. The van der Waals surface area contributed by atoms with E-state index in [1.54, 1.807) is 0 Å². The Hall–Kier alpha value is -2.83. The molecule has 0 unspecified atom stereocenters. The van der Waals surface area contributed by atoms with Crippen molar-refractivity contribution in [3.63, 3.8) is 0 Å². The van der Waals surface area contributed by atoms with Crippen LogP contribution in [0.1, 0.15) is 62.5 Å². The molecule has 2 fully saturated rings. The second-order valence-electron chi connectivity index (χ2n) is 10.2. The lowest BCUT2D eigenvalue weighted by molar-refractivity contribution is 0.0709. The van der Waals surface area contributed by atoms with Crippen molar-refractivity contribution >= 4 is 11.6 Å². The first-order valence-electron chi connectivity index (χ1n) is 10.7. The average molecular weight is 424 g/mol. The van der Waals surface area contributed by atoms with Crippen molar-refractivity contribution in [3.05, 3.63) is 53.9 Å². The van der Waals surface area contributed by atoms with Crippen LogP contribution in [-0.4, -0.2) is 38.0 Å². The summed E-state index contributed by atoms with van der Waals surface area (Å²) >= 11 is 0. The van der Waals surface area contributed by atoms with E-state index in [0.29, 0.717) is 12.2 Å². The molecule has 2 aromatic heterocycles. The van der Waals surface area contributed by atoms with E-state index in [1.807, 2.05) is 35.2 Å². The van der Waals surface area contributed by atoms with Crippen molar-refractivity contribution in [1.82, 2.24) is 19.5 Å². The summed E-state index contributed by atoms with van der Waals surface area (Å²) in [6.07, 6.45) is 1.65. The molecule has 0 spiro atoms. The summed E-state index contributed by atoms with van der Waals surface area (Å²) in [7, 11) is 0. The summed E-state index contributed by atoms with van der Waals surface area (Å²) in [5.74, 6) is -0.167. The van der Waals surface area contributed by atoms with Crippen molar-refractivity contribution in [1.29, 1.82) is 0 Å². The van der Waals surface area contributed by atoms with Gasteiger partial charge in [-0.2, -0.15) is 5.10 Å². The van der Waals surface area contributed by atoms with Gasteiger partial charge in [-0.15, -0.1) is 0 Å². The monoisotopic (exact) mass is 424 g/mol. The molecule has 1 aliphatic carbocycles. The molecule has 1 amide bonds. The van der Waals surface area contributed by atoms with Gasteiger partial charge >= 0.3 is 0 Å². The predicted octanol–water partition coefficient (Wildman–Crippen LogP) is 5.37. The molecular weight excluding hydrogens is 398 g/mol. The highest BCUT2D eigenvalue weighted by molar-refractivity contribution is 6.00. The predicted molar refractivity (Wildman–Crippen MR) is 114 cm³/mol. The van der Waals surface area contributed by atoms with Crippen LogP contribution in [0.5, 0.6) is 0 Å². The molecule has 1 saturated heterocycles. The van der Waals surface area contributed by atoms with Gasteiger partial charge in [0.1, 0.15) is 11.3 Å². The normalized spacial score (nSPS) is 24.8. The van der Waals surface area contributed by atoms with Gasteiger partial charge in [0, 0.05) is 18.2 Å². The zero-order valence-electron chi connectivity index (χ0n) is 18.0. The standard InChI is InChI=1S/C24H26F2N4O/c1-23(2)10-16-11-24(3,13-23)14-29(16)22(31)17-12-27-30-19(20(25)26)9-18(28-21(17)30)15-7-5-4-6-8-15/h4-9,12,16,20H,10-11,13-14H2,1-3H3/t16-,24+/m1/s1. The van der Waals surface area contributed by atoms with E-state index in [0.717, 1.165) is 29.3 Å². The van der Waals surface area contributed by atoms with Gasteiger partial charge < -0.3 is 4.90 Å². The van der Waals surface area contributed by atoms with E-state index >= 15 is 0 Å². The number of carbonyl (C=O) groups is 1. The van der Waals surface area contributed by atoms with Gasteiger partial charge in [0.05, 0.1) is 11.9 Å². The fourth-order valence-electron chi connectivity index (χ4n) is 5.90. The van der Waals surface area contributed by atoms with Crippen LogP contribution in [0.15, 0.2) is 42.6 Å². The van der Waals surface area contributed by atoms with Crippen molar-refractivity contribution in [2.24, 2.45) is 10.8 Å². The molecule has 162 valence electrons. The summed E-state index contributed by atoms with van der Waals surface area (Å²) in [5.41, 5.74) is 1.60. The summed E-state index contributed by atoms with van der Waals surface area (Å²) in [5, 5.41) is 4.13. The van der Waals surface area contributed by atoms with Crippen LogP contribution in [0.4, 0.5) is 8.78 Å². The molecule has 2 atom stereocenters. The van der Waals surface area contributed by atoms with E-state index in [4.69, 9.17) is 0 Å². The Morgan fingerprint density at radius 3 is 2.61 bits per heavy atom. The van der Waals surface area contributed by atoms with Crippen LogP contribution in [0.2, 0.25) is 0 Å². The van der Waals surface area contributed by atoms with Crippen molar-refractivity contribution in [2.45, 2.75) is 52.5 Å². The molecule has 2 bridgehead atoms. The first-order valence-corrected chi connectivity index (χ1v) is 10.7. The summed E-state index contributed by atoms with van der Waals surface area (Å²) in [6.45, 7) is 7.43.